The number of rotatable bonds is 4. The van der Waals surface area contributed by atoms with Crippen molar-refractivity contribution in [2.45, 2.75) is 65.3 Å². The van der Waals surface area contributed by atoms with Gasteiger partial charge in [0.25, 0.3) is 0 Å². The van der Waals surface area contributed by atoms with E-state index >= 15 is 0 Å². The predicted octanol–water partition coefficient (Wildman–Crippen LogP) is 3.75. The Morgan fingerprint density at radius 2 is 1.94 bits per heavy atom. The highest BCUT2D eigenvalue weighted by Crippen LogP contribution is 2.37. The van der Waals surface area contributed by atoms with Crippen LogP contribution in [0.15, 0.2) is 6.07 Å². The van der Waals surface area contributed by atoms with Gasteiger partial charge in [-0.1, -0.05) is 19.3 Å². The Hall–Kier alpha value is -0.760. The van der Waals surface area contributed by atoms with Crippen LogP contribution in [-0.2, 0) is 6.54 Å². The summed E-state index contributed by atoms with van der Waals surface area (Å²) in [5.41, 5.74) is 10.4. The van der Waals surface area contributed by atoms with E-state index in [1.165, 1.54) is 49.1 Å². The molecule has 2 N–H and O–H groups in total. The molecule has 0 bridgehead atoms. The van der Waals surface area contributed by atoms with Crippen molar-refractivity contribution < 1.29 is 0 Å². The van der Waals surface area contributed by atoms with Crippen molar-refractivity contribution in [1.82, 2.24) is 4.57 Å². The molecule has 1 aromatic heterocycles. The predicted molar refractivity (Wildman–Crippen MR) is 78.0 cm³/mol. The highest BCUT2D eigenvalue weighted by molar-refractivity contribution is 5.31. The molecule has 1 aromatic rings. The monoisotopic (exact) mass is 248 g/mol. The molecular formula is C16H28N2. The number of nitrogens with zero attached hydrogens (tertiary/aromatic N) is 1. The van der Waals surface area contributed by atoms with E-state index in [-0.39, 0.29) is 0 Å². The van der Waals surface area contributed by atoms with Crippen LogP contribution in [0.1, 0.15) is 61.9 Å². The van der Waals surface area contributed by atoms with Gasteiger partial charge in [-0.25, -0.2) is 0 Å². The summed E-state index contributed by atoms with van der Waals surface area (Å²) in [6, 6.07) is 2.38. The molecule has 0 amide bonds. The maximum atomic E-state index is 6.10. The minimum atomic E-state index is 0.580. The first-order chi connectivity index (χ1) is 8.69. The van der Waals surface area contributed by atoms with Gasteiger partial charge in [-0.15, -0.1) is 0 Å². The number of nitrogens with two attached hydrogens (primary N) is 1. The van der Waals surface area contributed by atoms with Crippen molar-refractivity contribution >= 4 is 0 Å². The van der Waals surface area contributed by atoms with E-state index in [2.05, 4.69) is 31.4 Å². The summed E-state index contributed by atoms with van der Waals surface area (Å²) >= 11 is 0. The third-order valence-electron chi connectivity index (χ3n) is 4.80. The van der Waals surface area contributed by atoms with E-state index in [0.717, 1.165) is 19.0 Å². The van der Waals surface area contributed by atoms with Gasteiger partial charge in [0.15, 0.2) is 0 Å². The van der Waals surface area contributed by atoms with Crippen LogP contribution in [-0.4, -0.2) is 11.1 Å². The summed E-state index contributed by atoms with van der Waals surface area (Å²) in [6.45, 7) is 8.58. The first-order valence-corrected chi connectivity index (χ1v) is 7.55. The van der Waals surface area contributed by atoms with Crippen molar-refractivity contribution in [3.05, 3.63) is 23.0 Å². The molecule has 1 atom stereocenters. The van der Waals surface area contributed by atoms with Gasteiger partial charge in [0.2, 0.25) is 0 Å². The van der Waals surface area contributed by atoms with E-state index in [1.807, 2.05) is 0 Å². The summed E-state index contributed by atoms with van der Waals surface area (Å²) < 4.78 is 2.42. The lowest BCUT2D eigenvalue weighted by Crippen LogP contribution is -2.24. The summed E-state index contributed by atoms with van der Waals surface area (Å²) in [6.07, 6.45) is 6.96. The fourth-order valence-corrected chi connectivity index (χ4v) is 3.80. The summed E-state index contributed by atoms with van der Waals surface area (Å²) in [5, 5.41) is 0. The number of hydrogen-bond donors (Lipinski definition) is 1. The second-order valence-corrected chi connectivity index (χ2v) is 5.81. The molecule has 18 heavy (non-hydrogen) atoms. The van der Waals surface area contributed by atoms with E-state index in [4.69, 9.17) is 5.73 Å². The van der Waals surface area contributed by atoms with Crippen molar-refractivity contribution in [3.63, 3.8) is 0 Å². The Labute approximate surface area is 112 Å². The average molecular weight is 248 g/mol. The first-order valence-electron chi connectivity index (χ1n) is 7.55. The van der Waals surface area contributed by atoms with Crippen molar-refractivity contribution in [1.29, 1.82) is 0 Å². The van der Waals surface area contributed by atoms with Crippen molar-refractivity contribution in [3.8, 4) is 0 Å². The average Bonchev–Trinajstić information content (AvgIpc) is 2.67. The molecular weight excluding hydrogens is 220 g/mol. The number of aromatic nitrogens is 1. The normalized spacial score (nSPS) is 19.1. The van der Waals surface area contributed by atoms with Crippen LogP contribution in [0.25, 0.3) is 0 Å². The molecule has 1 unspecified atom stereocenters. The molecule has 2 rings (SSSR count). The lowest BCUT2D eigenvalue weighted by molar-refractivity contribution is 0.307. The standard InChI is InChI=1S/C16H28N2/c1-4-18-12(2)10-15(13(18)3)16(11-17)14-8-6-5-7-9-14/h10,14,16H,4-9,11,17H2,1-3H3. The van der Waals surface area contributed by atoms with Gasteiger partial charge in [-0.05, 0) is 57.7 Å². The summed E-state index contributed by atoms with van der Waals surface area (Å²) in [7, 11) is 0. The van der Waals surface area contributed by atoms with E-state index in [1.54, 1.807) is 0 Å². The molecule has 1 heterocycles. The zero-order valence-corrected chi connectivity index (χ0v) is 12.2. The van der Waals surface area contributed by atoms with Crippen LogP contribution in [0, 0.1) is 19.8 Å². The van der Waals surface area contributed by atoms with Gasteiger partial charge < -0.3 is 10.3 Å². The Kier molecular flexibility index (Phi) is 4.50. The highest BCUT2D eigenvalue weighted by Gasteiger charge is 2.26. The third kappa shape index (κ3) is 2.49. The van der Waals surface area contributed by atoms with Gasteiger partial charge in [0, 0.05) is 23.9 Å². The molecule has 2 nitrogen and oxygen atoms in total. The Morgan fingerprint density at radius 3 is 2.44 bits per heavy atom. The molecule has 2 heteroatoms. The Balaban J connectivity index is 2.26. The van der Waals surface area contributed by atoms with Gasteiger partial charge in [-0.3, -0.25) is 0 Å². The van der Waals surface area contributed by atoms with Crippen molar-refractivity contribution in [2.24, 2.45) is 11.7 Å². The van der Waals surface area contributed by atoms with Gasteiger partial charge in [0.1, 0.15) is 0 Å². The first kappa shape index (κ1) is 13.7. The van der Waals surface area contributed by atoms with Crippen LogP contribution in [0.2, 0.25) is 0 Å². The lowest BCUT2D eigenvalue weighted by atomic mass is 9.77. The molecule has 0 radical (unpaired) electrons. The second kappa shape index (κ2) is 5.92. The quantitative estimate of drug-likeness (QED) is 0.864. The van der Waals surface area contributed by atoms with Crippen LogP contribution < -0.4 is 5.73 Å². The molecule has 1 saturated carbocycles. The Morgan fingerprint density at radius 1 is 1.28 bits per heavy atom. The molecule has 0 aromatic carbocycles. The zero-order chi connectivity index (χ0) is 13.1. The minimum absolute atomic E-state index is 0.580. The van der Waals surface area contributed by atoms with E-state index < -0.39 is 0 Å². The van der Waals surface area contributed by atoms with Gasteiger partial charge in [-0.2, -0.15) is 0 Å². The molecule has 1 aliphatic rings. The lowest BCUT2D eigenvalue weighted by Gasteiger charge is -2.29. The van der Waals surface area contributed by atoms with Crippen LogP contribution in [0.5, 0.6) is 0 Å². The summed E-state index contributed by atoms with van der Waals surface area (Å²) in [5.74, 6) is 1.39. The molecule has 102 valence electrons. The number of aryl methyl sites for hydroxylation is 1. The zero-order valence-electron chi connectivity index (χ0n) is 12.2. The smallest absolute Gasteiger partial charge is 0.0196 e. The molecule has 1 aliphatic carbocycles. The van der Waals surface area contributed by atoms with Gasteiger partial charge >= 0.3 is 0 Å². The molecule has 1 fully saturated rings. The SMILES string of the molecule is CCn1c(C)cc(C(CN)C2CCCCC2)c1C. The topological polar surface area (TPSA) is 30.9 Å². The molecule has 0 aliphatic heterocycles. The third-order valence-corrected chi connectivity index (χ3v) is 4.80. The summed E-state index contributed by atoms with van der Waals surface area (Å²) in [4.78, 5) is 0. The molecule has 0 saturated heterocycles. The maximum absolute atomic E-state index is 6.10. The van der Waals surface area contributed by atoms with Crippen LogP contribution >= 0.6 is 0 Å². The fraction of sp³-hybridized carbons (Fsp3) is 0.750. The largest absolute Gasteiger partial charge is 0.349 e. The van der Waals surface area contributed by atoms with Gasteiger partial charge in [0.05, 0.1) is 0 Å². The van der Waals surface area contributed by atoms with E-state index in [9.17, 15) is 0 Å². The minimum Gasteiger partial charge on any atom is -0.349 e. The maximum Gasteiger partial charge on any atom is 0.0196 e. The fourth-order valence-electron chi connectivity index (χ4n) is 3.80. The second-order valence-electron chi connectivity index (χ2n) is 5.81. The van der Waals surface area contributed by atoms with Crippen LogP contribution in [0.4, 0.5) is 0 Å². The number of hydrogen-bond acceptors (Lipinski definition) is 1. The van der Waals surface area contributed by atoms with Crippen molar-refractivity contribution in [2.75, 3.05) is 6.54 Å². The molecule has 0 spiro atoms. The Bertz CT molecular complexity index is 386. The van der Waals surface area contributed by atoms with Crippen LogP contribution in [0.3, 0.4) is 0 Å². The highest BCUT2D eigenvalue weighted by atomic mass is 15.0. The van der Waals surface area contributed by atoms with E-state index in [0.29, 0.717) is 5.92 Å².